The average molecular weight is 278 g/mol. The molecule has 0 fully saturated rings. The Hall–Kier alpha value is -1.56. The van der Waals surface area contributed by atoms with E-state index in [4.69, 9.17) is 0 Å². The summed E-state index contributed by atoms with van der Waals surface area (Å²) in [6, 6.07) is 18.2. The zero-order chi connectivity index (χ0) is 14.7. The predicted molar refractivity (Wildman–Crippen MR) is 90.8 cm³/mol. The van der Waals surface area contributed by atoms with E-state index >= 15 is 0 Å². The van der Waals surface area contributed by atoms with Crippen molar-refractivity contribution in [1.29, 1.82) is 0 Å². The summed E-state index contributed by atoms with van der Waals surface area (Å²) in [5.41, 5.74) is 6.24. The molecule has 0 amide bonds. The predicted octanol–water partition coefficient (Wildman–Crippen LogP) is 5.74. The first-order chi connectivity index (χ1) is 10.3. The smallest absolute Gasteiger partial charge is 0.0118 e. The standard InChI is InChI=1S/C21H26/c1-16(2)21-19-14-8-6-12-17(19)10-4-3-5-11-18-13-7-9-15-20(18)21/h6-9,12-16,21H,3-5,10-11H2,1-2H3. The molecule has 0 bridgehead atoms. The van der Waals surface area contributed by atoms with Gasteiger partial charge in [0.15, 0.2) is 0 Å². The van der Waals surface area contributed by atoms with Gasteiger partial charge < -0.3 is 0 Å². The molecular weight excluding hydrogens is 252 g/mol. The summed E-state index contributed by atoms with van der Waals surface area (Å²) in [5.74, 6) is 1.17. The molecule has 0 spiro atoms. The highest BCUT2D eigenvalue weighted by atomic mass is 14.3. The third kappa shape index (κ3) is 3.05. The second-order valence-electron chi connectivity index (χ2n) is 6.68. The van der Waals surface area contributed by atoms with Crippen LogP contribution in [0.1, 0.15) is 61.3 Å². The first-order valence-electron chi connectivity index (χ1n) is 8.43. The van der Waals surface area contributed by atoms with E-state index < -0.39 is 0 Å². The van der Waals surface area contributed by atoms with E-state index in [1.165, 1.54) is 32.1 Å². The van der Waals surface area contributed by atoms with E-state index in [1.54, 1.807) is 22.3 Å². The van der Waals surface area contributed by atoms with E-state index in [2.05, 4.69) is 62.4 Å². The van der Waals surface area contributed by atoms with E-state index in [9.17, 15) is 0 Å². The molecule has 0 atom stereocenters. The fourth-order valence-electron chi connectivity index (χ4n) is 3.82. The zero-order valence-electron chi connectivity index (χ0n) is 13.3. The molecule has 21 heavy (non-hydrogen) atoms. The molecule has 0 saturated heterocycles. The number of hydrogen-bond acceptors (Lipinski definition) is 0. The van der Waals surface area contributed by atoms with Gasteiger partial charge in [0.1, 0.15) is 0 Å². The minimum atomic E-state index is 0.537. The molecule has 0 unspecified atom stereocenters. The maximum Gasteiger partial charge on any atom is 0.0118 e. The molecule has 0 nitrogen and oxygen atoms in total. The summed E-state index contributed by atoms with van der Waals surface area (Å²) in [7, 11) is 0. The maximum absolute atomic E-state index is 2.37. The lowest BCUT2D eigenvalue weighted by Crippen LogP contribution is -2.14. The van der Waals surface area contributed by atoms with E-state index in [0.717, 1.165) is 0 Å². The first kappa shape index (κ1) is 14.4. The number of rotatable bonds is 1. The lowest BCUT2D eigenvalue weighted by molar-refractivity contribution is 0.546. The highest BCUT2D eigenvalue weighted by Gasteiger charge is 2.23. The third-order valence-corrected chi connectivity index (χ3v) is 4.84. The van der Waals surface area contributed by atoms with Crippen molar-refractivity contribution in [1.82, 2.24) is 0 Å². The number of hydrogen-bond donors (Lipinski definition) is 0. The summed E-state index contributed by atoms with van der Waals surface area (Å²) in [6.07, 6.45) is 6.46. The minimum absolute atomic E-state index is 0.537. The molecule has 0 aromatic heterocycles. The summed E-state index contributed by atoms with van der Waals surface area (Å²) in [4.78, 5) is 0. The van der Waals surface area contributed by atoms with Crippen LogP contribution in [0.15, 0.2) is 48.5 Å². The summed E-state index contributed by atoms with van der Waals surface area (Å²) < 4.78 is 0. The quantitative estimate of drug-likeness (QED) is 0.623. The molecule has 0 heteroatoms. The maximum atomic E-state index is 2.37. The summed E-state index contributed by atoms with van der Waals surface area (Å²) in [5, 5.41) is 0. The van der Waals surface area contributed by atoms with Gasteiger partial charge in [-0.3, -0.25) is 0 Å². The molecule has 0 heterocycles. The van der Waals surface area contributed by atoms with Gasteiger partial charge in [-0.25, -0.2) is 0 Å². The van der Waals surface area contributed by atoms with Crippen LogP contribution in [0.3, 0.4) is 0 Å². The van der Waals surface area contributed by atoms with E-state index in [1.807, 2.05) is 0 Å². The van der Waals surface area contributed by atoms with Gasteiger partial charge >= 0.3 is 0 Å². The number of fused-ring (bicyclic) bond motifs is 2. The Kier molecular flexibility index (Phi) is 4.43. The van der Waals surface area contributed by atoms with Crippen molar-refractivity contribution in [2.24, 2.45) is 5.92 Å². The van der Waals surface area contributed by atoms with Gasteiger partial charge in [0.05, 0.1) is 0 Å². The van der Waals surface area contributed by atoms with Gasteiger partial charge in [-0.15, -0.1) is 0 Å². The van der Waals surface area contributed by atoms with E-state index in [-0.39, 0.29) is 0 Å². The molecule has 2 aromatic rings. The minimum Gasteiger partial charge on any atom is -0.0620 e. The van der Waals surface area contributed by atoms with Gasteiger partial charge in [0.2, 0.25) is 0 Å². The molecular formula is C21H26. The van der Waals surface area contributed by atoms with Crippen molar-refractivity contribution in [3.8, 4) is 0 Å². The molecule has 3 rings (SSSR count). The Morgan fingerprint density at radius 2 is 1.19 bits per heavy atom. The van der Waals surface area contributed by atoms with Gasteiger partial charge in [-0.1, -0.05) is 68.8 Å². The fourth-order valence-corrected chi connectivity index (χ4v) is 3.82. The van der Waals surface area contributed by atoms with Crippen molar-refractivity contribution < 1.29 is 0 Å². The number of benzene rings is 2. The molecule has 0 saturated carbocycles. The molecule has 110 valence electrons. The van der Waals surface area contributed by atoms with Gasteiger partial charge in [-0.2, -0.15) is 0 Å². The molecule has 1 aliphatic rings. The Balaban J connectivity index is 2.16. The van der Waals surface area contributed by atoms with Gasteiger partial charge in [0, 0.05) is 5.92 Å². The Bertz CT molecular complexity index is 545. The largest absolute Gasteiger partial charge is 0.0620 e. The normalized spacial score (nSPS) is 16.3. The lowest BCUT2D eigenvalue weighted by Gasteiger charge is -2.28. The topological polar surface area (TPSA) is 0 Å². The third-order valence-electron chi connectivity index (χ3n) is 4.84. The van der Waals surface area contributed by atoms with Crippen LogP contribution in [0.2, 0.25) is 0 Å². The van der Waals surface area contributed by atoms with Crippen molar-refractivity contribution in [2.75, 3.05) is 0 Å². The molecule has 2 aromatic carbocycles. The summed E-state index contributed by atoms with van der Waals surface area (Å²) >= 11 is 0. The lowest BCUT2D eigenvalue weighted by atomic mass is 9.77. The van der Waals surface area contributed by atoms with E-state index in [0.29, 0.717) is 11.8 Å². The second-order valence-corrected chi connectivity index (χ2v) is 6.68. The molecule has 1 aliphatic carbocycles. The van der Waals surface area contributed by atoms with Crippen LogP contribution in [0.4, 0.5) is 0 Å². The number of aryl methyl sites for hydroxylation is 2. The summed E-state index contributed by atoms with van der Waals surface area (Å²) in [6.45, 7) is 4.73. The van der Waals surface area contributed by atoms with Crippen LogP contribution in [-0.2, 0) is 12.8 Å². The van der Waals surface area contributed by atoms with Crippen molar-refractivity contribution in [3.05, 3.63) is 70.8 Å². The van der Waals surface area contributed by atoms with Crippen LogP contribution in [0, 0.1) is 5.92 Å². The molecule has 0 radical (unpaired) electrons. The van der Waals surface area contributed by atoms with Crippen LogP contribution in [0.5, 0.6) is 0 Å². The Morgan fingerprint density at radius 3 is 1.67 bits per heavy atom. The van der Waals surface area contributed by atoms with Crippen LogP contribution >= 0.6 is 0 Å². The highest BCUT2D eigenvalue weighted by molar-refractivity contribution is 5.42. The SMILES string of the molecule is CC(C)C1c2ccccc2CCCCCc2ccccc21. The van der Waals surface area contributed by atoms with Gasteiger partial charge in [0.25, 0.3) is 0 Å². The van der Waals surface area contributed by atoms with Crippen LogP contribution in [0.25, 0.3) is 0 Å². The molecule has 0 aliphatic heterocycles. The molecule has 0 N–H and O–H groups in total. The van der Waals surface area contributed by atoms with Crippen LogP contribution < -0.4 is 0 Å². The fraction of sp³-hybridized carbons (Fsp3) is 0.429. The first-order valence-corrected chi connectivity index (χ1v) is 8.43. The van der Waals surface area contributed by atoms with Crippen molar-refractivity contribution in [2.45, 2.75) is 51.9 Å². The second kappa shape index (κ2) is 6.47. The zero-order valence-corrected chi connectivity index (χ0v) is 13.3. The Morgan fingerprint density at radius 1 is 0.714 bits per heavy atom. The monoisotopic (exact) mass is 278 g/mol. The van der Waals surface area contributed by atoms with Gasteiger partial charge in [-0.05, 0) is 53.9 Å². The van der Waals surface area contributed by atoms with Crippen LogP contribution in [-0.4, -0.2) is 0 Å². The highest BCUT2D eigenvalue weighted by Crippen LogP contribution is 2.37. The Labute approximate surface area is 129 Å². The van der Waals surface area contributed by atoms with Crippen molar-refractivity contribution in [3.63, 3.8) is 0 Å². The average Bonchev–Trinajstić information content (AvgIpc) is 2.50. The van der Waals surface area contributed by atoms with Crippen molar-refractivity contribution >= 4 is 0 Å².